The lowest BCUT2D eigenvalue weighted by Gasteiger charge is -2.13. The summed E-state index contributed by atoms with van der Waals surface area (Å²) in [4.78, 5) is 0. The molecule has 0 rings (SSSR count). The van der Waals surface area contributed by atoms with E-state index >= 15 is 0 Å². The van der Waals surface area contributed by atoms with Gasteiger partial charge >= 0.3 is 0 Å². The first kappa shape index (κ1) is 9.74. The molecule has 1 unspecified atom stereocenters. The number of hydrogen-bond acceptors (Lipinski definition) is 0. The second-order valence-corrected chi connectivity index (χ2v) is 3.44. The van der Waals surface area contributed by atoms with Crippen molar-refractivity contribution in [1.82, 2.24) is 0 Å². The molecule has 0 N–H and O–H groups in total. The maximum absolute atomic E-state index is 3.70. The third-order valence-corrected chi connectivity index (χ3v) is 2.21. The van der Waals surface area contributed by atoms with E-state index in [0.717, 1.165) is 11.8 Å². The standard InChI is InChI=1S/C10H20/c1-5-6-7-8-10(4)9(2)3/h5,9-10H,1,6-8H2,2-4H3. The van der Waals surface area contributed by atoms with Gasteiger partial charge in [0.05, 0.1) is 0 Å². The summed E-state index contributed by atoms with van der Waals surface area (Å²) in [5.74, 6) is 1.71. The van der Waals surface area contributed by atoms with Crippen molar-refractivity contribution in [1.29, 1.82) is 0 Å². The third kappa shape index (κ3) is 4.60. The summed E-state index contributed by atoms with van der Waals surface area (Å²) in [7, 11) is 0. The Bertz CT molecular complexity index is 82.0. The number of rotatable bonds is 5. The summed E-state index contributed by atoms with van der Waals surface area (Å²) in [5.41, 5.74) is 0. The molecule has 0 bridgehead atoms. The van der Waals surface area contributed by atoms with E-state index in [0.29, 0.717) is 0 Å². The molecular weight excluding hydrogens is 120 g/mol. The van der Waals surface area contributed by atoms with Crippen molar-refractivity contribution < 1.29 is 0 Å². The minimum atomic E-state index is 0.838. The molecule has 0 aliphatic heterocycles. The Kier molecular flexibility index (Phi) is 5.38. The van der Waals surface area contributed by atoms with Crippen LogP contribution < -0.4 is 0 Å². The normalized spacial score (nSPS) is 13.6. The van der Waals surface area contributed by atoms with E-state index in [4.69, 9.17) is 0 Å². The summed E-state index contributed by atoms with van der Waals surface area (Å²) in [6.45, 7) is 10.6. The molecule has 0 heteroatoms. The van der Waals surface area contributed by atoms with Crippen LogP contribution in [0.4, 0.5) is 0 Å². The van der Waals surface area contributed by atoms with E-state index in [1.165, 1.54) is 19.3 Å². The Morgan fingerprint density at radius 3 is 2.30 bits per heavy atom. The van der Waals surface area contributed by atoms with Crippen molar-refractivity contribution in [3.05, 3.63) is 12.7 Å². The zero-order chi connectivity index (χ0) is 7.98. The smallest absolute Gasteiger partial charge is 0.0353 e. The first-order valence-corrected chi connectivity index (χ1v) is 4.29. The molecule has 0 aliphatic carbocycles. The molecule has 0 fully saturated rings. The van der Waals surface area contributed by atoms with Gasteiger partial charge in [-0.2, -0.15) is 0 Å². The third-order valence-electron chi connectivity index (χ3n) is 2.21. The first-order valence-electron chi connectivity index (χ1n) is 4.29. The summed E-state index contributed by atoms with van der Waals surface area (Å²) >= 11 is 0. The molecule has 0 saturated carbocycles. The fraction of sp³-hybridized carbons (Fsp3) is 0.800. The maximum atomic E-state index is 3.70. The summed E-state index contributed by atoms with van der Waals surface area (Å²) in [5, 5.41) is 0. The Morgan fingerprint density at radius 2 is 1.90 bits per heavy atom. The van der Waals surface area contributed by atoms with E-state index in [1.807, 2.05) is 6.08 Å². The summed E-state index contributed by atoms with van der Waals surface area (Å²) in [6, 6.07) is 0. The molecule has 0 aromatic carbocycles. The Labute approximate surface area is 65.3 Å². The van der Waals surface area contributed by atoms with Gasteiger partial charge in [0, 0.05) is 0 Å². The van der Waals surface area contributed by atoms with Crippen molar-refractivity contribution in [3.63, 3.8) is 0 Å². The van der Waals surface area contributed by atoms with Crippen LogP contribution in [0.5, 0.6) is 0 Å². The Balaban J connectivity index is 3.21. The van der Waals surface area contributed by atoms with Crippen LogP contribution >= 0.6 is 0 Å². The van der Waals surface area contributed by atoms with Gasteiger partial charge in [0.25, 0.3) is 0 Å². The lowest BCUT2D eigenvalue weighted by molar-refractivity contribution is 0.384. The minimum absolute atomic E-state index is 0.838. The van der Waals surface area contributed by atoms with E-state index in [2.05, 4.69) is 27.4 Å². The van der Waals surface area contributed by atoms with Crippen molar-refractivity contribution in [2.45, 2.75) is 40.0 Å². The molecule has 0 aromatic heterocycles. The Morgan fingerprint density at radius 1 is 1.30 bits per heavy atom. The predicted octanol–water partition coefficient (Wildman–Crippen LogP) is 3.63. The van der Waals surface area contributed by atoms with Gasteiger partial charge in [-0.15, -0.1) is 6.58 Å². The van der Waals surface area contributed by atoms with E-state index in [-0.39, 0.29) is 0 Å². The molecule has 60 valence electrons. The average molecular weight is 140 g/mol. The highest BCUT2D eigenvalue weighted by molar-refractivity contribution is 4.67. The molecule has 0 saturated heterocycles. The monoisotopic (exact) mass is 140 g/mol. The molecule has 0 amide bonds. The van der Waals surface area contributed by atoms with Gasteiger partial charge in [0.15, 0.2) is 0 Å². The van der Waals surface area contributed by atoms with Crippen LogP contribution in [0.1, 0.15) is 40.0 Å². The molecular formula is C10H20. The van der Waals surface area contributed by atoms with Crippen molar-refractivity contribution in [2.24, 2.45) is 11.8 Å². The lowest BCUT2D eigenvalue weighted by atomic mass is 9.93. The second-order valence-electron chi connectivity index (χ2n) is 3.44. The number of hydrogen-bond donors (Lipinski definition) is 0. The fourth-order valence-corrected chi connectivity index (χ4v) is 0.917. The van der Waals surface area contributed by atoms with Gasteiger partial charge in [-0.1, -0.05) is 33.3 Å². The van der Waals surface area contributed by atoms with Gasteiger partial charge in [0.2, 0.25) is 0 Å². The summed E-state index contributed by atoms with van der Waals surface area (Å²) in [6.07, 6.45) is 5.84. The van der Waals surface area contributed by atoms with Crippen LogP contribution in [-0.2, 0) is 0 Å². The Hall–Kier alpha value is -0.260. The fourth-order valence-electron chi connectivity index (χ4n) is 0.917. The van der Waals surface area contributed by atoms with Gasteiger partial charge in [0.1, 0.15) is 0 Å². The molecule has 1 atom stereocenters. The molecule has 0 radical (unpaired) electrons. The molecule has 0 spiro atoms. The predicted molar refractivity (Wildman–Crippen MR) is 48.1 cm³/mol. The highest BCUT2D eigenvalue weighted by atomic mass is 14.1. The highest BCUT2D eigenvalue weighted by Crippen LogP contribution is 2.16. The van der Waals surface area contributed by atoms with E-state index in [1.54, 1.807) is 0 Å². The van der Waals surface area contributed by atoms with Crippen molar-refractivity contribution >= 4 is 0 Å². The topological polar surface area (TPSA) is 0 Å². The van der Waals surface area contributed by atoms with E-state index < -0.39 is 0 Å². The van der Waals surface area contributed by atoms with Crippen LogP contribution in [0.3, 0.4) is 0 Å². The zero-order valence-corrected chi connectivity index (χ0v) is 7.56. The number of unbranched alkanes of at least 4 members (excludes halogenated alkanes) is 1. The van der Waals surface area contributed by atoms with Gasteiger partial charge in [-0.05, 0) is 24.7 Å². The van der Waals surface area contributed by atoms with Crippen LogP contribution in [0.25, 0.3) is 0 Å². The largest absolute Gasteiger partial charge is 0.103 e. The summed E-state index contributed by atoms with van der Waals surface area (Å²) < 4.78 is 0. The van der Waals surface area contributed by atoms with Crippen molar-refractivity contribution in [3.8, 4) is 0 Å². The van der Waals surface area contributed by atoms with E-state index in [9.17, 15) is 0 Å². The average Bonchev–Trinajstić information content (AvgIpc) is 1.88. The molecule has 0 heterocycles. The first-order chi connectivity index (χ1) is 4.68. The van der Waals surface area contributed by atoms with Gasteiger partial charge in [-0.25, -0.2) is 0 Å². The minimum Gasteiger partial charge on any atom is -0.103 e. The molecule has 0 aliphatic rings. The number of allylic oxidation sites excluding steroid dienone is 1. The lowest BCUT2D eigenvalue weighted by Crippen LogP contribution is -2.02. The van der Waals surface area contributed by atoms with Gasteiger partial charge < -0.3 is 0 Å². The van der Waals surface area contributed by atoms with Crippen LogP contribution in [-0.4, -0.2) is 0 Å². The molecule has 10 heavy (non-hydrogen) atoms. The van der Waals surface area contributed by atoms with Gasteiger partial charge in [-0.3, -0.25) is 0 Å². The van der Waals surface area contributed by atoms with Crippen LogP contribution in [0, 0.1) is 11.8 Å². The quantitative estimate of drug-likeness (QED) is 0.404. The van der Waals surface area contributed by atoms with Crippen LogP contribution in [0.15, 0.2) is 12.7 Å². The molecule has 0 aromatic rings. The molecule has 0 nitrogen and oxygen atoms in total. The second kappa shape index (κ2) is 5.52. The zero-order valence-electron chi connectivity index (χ0n) is 7.56. The van der Waals surface area contributed by atoms with Crippen molar-refractivity contribution in [2.75, 3.05) is 0 Å². The van der Waals surface area contributed by atoms with Crippen LogP contribution in [0.2, 0.25) is 0 Å². The maximum Gasteiger partial charge on any atom is -0.0353 e. The SMILES string of the molecule is C=CCCCC(C)C(C)C. The highest BCUT2D eigenvalue weighted by Gasteiger charge is 2.04.